The van der Waals surface area contributed by atoms with E-state index in [0.29, 0.717) is 22.6 Å². The molecule has 34 heavy (non-hydrogen) atoms. The highest BCUT2D eigenvalue weighted by molar-refractivity contribution is 7.98. The Labute approximate surface area is 201 Å². The lowest BCUT2D eigenvalue weighted by Crippen LogP contribution is -2.56. The van der Waals surface area contributed by atoms with E-state index in [9.17, 15) is 24.3 Å². The van der Waals surface area contributed by atoms with E-state index in [0.717, 1.165) is 4.90 Å². The van der Waals surface area contributed by atoms with Gasteiger partial charge in [-0.3, -0.25) is 24.5 Å². The lowest BCUT2D eigenvalue weighted by atomic mass is 9.78. The summed E-state index contributed by atoms with van der Waals surface area (Å²) >= 11 is 1.52. The first kappa shape index (κ1) is 24.0. The van der Waals surface area contributed by atoms with Gasteiger partial charge in [0.05, 0.1) is 24.6 Å². The summed E-state index contributed by atoms with van der Waals surface area (Å²) in [5, 5.41) is 13.0. The maximum Gasteiger partial charge on any atom is 0.326 e. The Kier molecular flexibility index (Phi) is 6.51. The molecule has 2 fully saturated rings. The van der Waals surface area contributed by atoms with E-state index in [1.165, 1.54) is 44.0 Å². The first-order chi connectivity index (χ1) is 16.2. The molecule has 8 nitrogen and oxygen atoms in total. The van der Waals surface area contributed by atoms with Gasteiger partial charge < -0.3 is 9.84 Å². The molecule has 0 radical (unpaired) electrons. The number of rotatable bonds is 7. The quantitative estimate of drug-likeness (QED) is 0.352. The van der Waals surface area contributed by atoms with Crippen LogP contribution in [-0.4, -0.2) is 53.3 Å². The van der Waals surface area contributed by atoms with E-state index in [4.69, 9.17) is 4.74 Å². The fourth-order valence-electron chi connectivity index (χ4n) is 5.05. The number of ketones is 1. The van der Waals surface area contributed by atoms with Gasteiger partial charge in [0.1, 0.15) is 11.3 Å². The van der Waals surface area contributed by atoms with Gasteiger partial charge in [0.25, 0.3) is 0 Å². The molecule has 0 bridgehead atoms. The number of benzene rings is 2. The smallest absolute Gasteiger partial charge is 0.326 e. The summed E-state index contributed by atoms with van der Waals surface area (Å²) in [7, 11) is 1.27. The number of aromatic hydroxyl groups is 1. The summed E-state index contributed by atoms with van der Waals surface area (Å²) in [4.78, 5) is 53.8. The Morgan fingerprint density at radius 2 is 1.85 bits per heavy atom. The molecule has 9 heteroatoms. The lowest BCUT2D eigenvalue weighted by Gasteiger charge is -2.32. The number of hydrogen-bond donors (Lipinski definition) is 2. The monoisotopic (exact) mass is 482 g/mol. The van der Waals surface area contributed by atoms with Crippen LogP contribution in [0.1, 0.15) is 35.3 Å². The van der Waals surface area contributed by atoms with Crippen molar-refractivity contribution in [1.29, 1.82) is 0 Å². The van der Waals surface area contributed by atoms with Gasteiger partial charge in [-0.1, -0.05) is 24.3 Å². The number of nitrogens with zero attached hydrogens (tertiary/aromatic N) is 1. The maximum absolute atomic E-state index is 13.8. The van der Waals surface area contributed by atoms with Gasteiger partial charge in [-0.2, -0.15) is 11.8 Å². The van der Waals surface area contributed by atoms with Crippen LogP contribution in [0.4, 0.5) is 5.69 Å². The van der Waals surface area contributed by atoms with E-state index >= 15 is 0 Å². The van der Waals surface area contributed by atoms with Crippen molar-refractivity contribution in [2.75, 3.05) is 24.0 Å². The molecule has 2 amide bonds. The Morgan fingerprint density at radius 1 is 1.15 bits per heavy atom. The van der Waals surface area contributed by atoms with Gasteiger partial charge >= 0.3 is 5.97 Å². The molecule has 2 saturated heterocycles. The number of methoxy groups -OCH3 is 1. The molecular weight excluding hydrogens is 456 g/mol. The normalized spacial score (nSPS) is 26.0. The molecule has 2 aromatic rings. The molecule has 2 aromatic carbocycles. The zero-order valence-corrected chi connectivity index (χ0v) is 19.9. The van der Waals surface area contributed by atoms with Crippen LogP contribution in [0.3, 0.4) is 0 Å². The molecule has 0 unspecified atom stereocenters. The molecule has 0 spiro atoms. The van der Waals surface area contributed by atoms with Crippen molar-refractivity contribution in [3.05, 3.63) is 59.7 Å². The lowest BCUT2D eigenvalue weighted by molar-refractivity contribution is -0.152. The van der Waals surface area contributed by atoms with Crippen molar-refractivity contribution in [2.24, 2.45) is 11.8 Å². The van der Waals surface area contributed by atoms with E-state index in [-0.39, 0.29) is 18.0 Å². The van der Waals surface area contributed by atoms with Crippen LogP contribution in [0, 0.1) is 11.8 Å². The Balaban J connectivity index is 1.86. The second-order valence-electron chi connectivity index (χ2n) is 8.54. The molecule has 2 N–H and O–H groups in total. The number of nitrogens with one attached hydrogen (secondary N) is 1. The molecule has 0 saturated carbocycles. The molecule has 4 atom stereocenters. The van der Waals surface area contributed by atoms with Crippen molar-refractivity contribution in [2.45, 2.75) is 24.9 Å². The van der Waals surface area contributed by atoms with Crippen LogP contribution < -0.4 is 10.2 Å². The number of ether oxygens (including phenoxy) is 1. The number of phenolic OH excluding ortho intramolecular Hbond substituents is 1. The number of carbonyl (C=O) groups is 4. The predicted molar refractivity (Wildman–Crippen MR) is 128 cm³/mol. The van der Waals surface area contributed by atoms with Crippen molar-refractivity contribution >= 4 is 41.0 Å². The van der Waals surface area contributed by atoms with E-state index < -0.39 is 41.2 Å². The van der Waals surface area contributed by atoms with Crippen molar-refractivity contribution < 1.29 is 29.0 Å². The number of fused-ring (bicyclic) bond motifs is 1. The van der Waals surface area contributed by atoms with Crippen LogP contribution in [-0.2, 0) is 19.1 Å². The zero-order valence-electron chi connectivity index (χ0n) is 19.1. The predicted octanol–water partition coefficient (Wildman–Crippen LogP) is 2.71. The van der Waals surface area contributed by atoms with Gasteiger partial charge in [-0.05, 0) is 55.2 Å². The Hall–Kier alpha value is -3.17. The molecule has 4 rings (SSSR count). The molecule has 2 aliphatic rings. The average molecular weight is 483 g/mol. The summed E-state index contributed by atoms with van der Waals surface area (Å²) in [6.07, 6.45) is 2.19. The number of anilines is 1. The number of hydrogen-bond acceptors (Lipinski definition) is 8. The minimum absolute atomic E-state index is 0.0661. The number of phenols is 1. The molecule has 0 aliphatic carbocycles. The highest BCUT2D eigenvalue weighted by atomic mass is 32.2. The fourth-order valence-corrected chi connectivity index (χ4v) is 5.58. The number of imide groups is 1. The van der Waals surface area contributed by atoms with E-state index in [1.54, 1.807) is 30.3 Å². The Bertz CT molecular complexity index is 1150. The van der Waals surface area contributed by atoms with Gasteiger partial charge in [0.15, 0.2) is 5.78 Å². The molecule has 2 aliphatic heterocycles. The van der Waals surface area contributed by atoms with Gasteiger partial charge in [-0.25, -0.2) is 4.90 Å². The van der Waals surface area contributed by atoms with E-state index in [1.807, 2.05) is 6.26 Å². The first-order valence-corrected chi connectivity index (χ1v) is 12.3. The number of carbonyl (C=O) groups excluding carboxylic acids is 4. The summed E-state index contributed by atoms with van der Waals surface area (Å²) in [5.41, 5.74) is -0.0524. The van der Waals surface area contributed by atoms with Crippen molar-refractivity contribution in [1.82, 2.24) is 5.32 Å². The summed E-state index contributed by atoms with van der Waals surface area (Å²) in [6.45, 7) is 1.41. The molecule has 178 valence electrons. The highest BCUT2D eigenvalue weighted by Gasteiger charge is 2.68. The van der Waals surface area contributed by atoms with Crippen molar-refractivity contribution in [3.63, 3.8) is 0 Å². The third kappa shape index (κ3) is 3.78. The minimum Gasteiger partial charge on any atom is -0.508 e. The van der Waals surface area contributed by atoms with Gasteiger partial charge in [0.2, 0.25) is 11.8 Å². The highest BCUT2D eigenvalue weighted by Crippen LogP contribution is 2.51. The summed E-state index contributed by atoms with van der Waals surface area (Å²) in [6, 6.07) is 12.1. The fraction of sp³-hybridized carbons (Fsp3) is 0.360. The third-order valence-corrected chi connectivity index (χ3v) is 7.28. The summed E-state index contributed by atoms with van der Waals surface area (Å²) < 4.78 is 5.14. The Morgan fingerprint density at radius 3 is 2.47 bits per heavy atom. The van der Waals surface area contributed by atoms with Crippen LogP contribution in [0.15, 0.2) is 48.5 Å². The largest absolute Gasteiger partial charge is 0.508 e. The van der Waals surface area contributed by atoms with E-state index in [2.05, 4.69) is 5.32 Å². The zero-order chi connectivity index (χ0) is 24.6. The van der Waals surface area contributed by atoms with Crippen LogP contribution in [0.2, 0.25) is 0 Å². The number of esters is 1. The summed E-state index contributed by atoms with van der Waals surface area (Å²) in [5.74, 6) is -2.96. The van der Waals surface area contributed by atoms with Crippen LogP contribution >= 0.6 is 11.8 Å². The van der Waals surface area contributed by atoms with Crippen LogP contribution in [0.5, 0.6) is 5.75 Å². The molecular formula is C25H26N2O6S. The van der Waals surface area contributed by atoms with Gasteiger partial charge in [-0.15, -0.1) is 0 Å². The average Bonchev–Trinajstić information content (AvgIpc) is 3.31. The SMILES string of the molecule is COC(=O)[C@]1(CCSC)N[C@H](c2ccc(O)cc2)[C@H]2C(=O)N(c3cccc(C(C)=O)c3)C(=O)[C@H]21. The maximum atomic E-state index is 13.8. The third-order valence-electron chi connectivity index (χ3n) is 6.67. The number of thioether (sulfide) groups is 1. The standard InChI is InChI=1S/C25H26N2O6S/c1-14(28)16-5-4-6-17(13-16)27-22(30)19-20(23(27)31)25(11-12-34-3,24(32)33-2)26-21(19)15-7-9-18(29)10-8-15/h4-10,13,19-21,26,29H,11-12H2,1-3H3/t19-,20-,21+,25+/m0/s1. The van der Waals surface area contributed by atoms with Gasteiger partial charge in [0, 0.05) is 11.6 Å². The first-order valence-electron chi connectivity index (χ1n) is 10.9. The second-order valence-corrected chi connectivity index (χ2v) is 9.53. The number of amides is 2. The number of Topliss-reactive ketones (excluding diaryl/α,β-unsaturated/α-hetero) is 1. The topological polar surface area (TPSA) is 113 Å². The molecule has 0 aromatic heterocycles. The second kappa shape index (κ2) is 9.23. The minimum atomic E-state index is -1.40. The van der Waals surface area contributed by atoms with Crippen LogP contribution in [0.25, 0.3) is 0 Å². The molecule has 2 heterocycles. The van der Waals surface area contributed by atoms with Crippen molar-refractivity contribution in [3.8, 4) is 5.75 Å².